The summed E-state index contributed by atoms with van der Waals surface area (Å²) in [6.07, 6.45) is 20.4. The van der Waals surface area contributed by atoms with Crippen LogP contribution in [0.15, 0.2) is 248 Å². The van der Waals surface area contributed by atoms with Crippen LogP contribution < -0.4 is 19.8 Å². The van der Waals surface area contributed by atoms with Crippen LogP contribution in [0.25, 0.3) is 6.08 Å². The van der Waals surface area contributed by atoms with Gasteiger partial charge in [-0.3, -0.25) is 0 Å². The molecule has 0 aromatic heterocycles. The Balaban J connectivity index is 1.06. The molecular weight excluding hydrogens is 1100 g/mol. The zero-order valence-corrected chi connectivity index (χ0v) is 53.1. The first-order valence-electron chi connectivity index (χ1n) is 30.6. The van der Waals surface area contributed by atoms with Crippen LogP contribution in [0.2, 0.25) is 5.04 Å². The Hall–Kier alpha value is -7.67. The average molecular weight is 1190 g/mol. The number of carbonyl (C=O) groups excluding carboxylic acids is 1. The van der Waals surface area contributed by atoms with E-state index in [1.807, 2.05) is 91.1 Å². The zero-order valence-electron chi connectivity index (χ0n) is 52.1. The smallest absolute Gasteiger partial charge is 0.345 e. The highest BCUT2D eigenvalue weighted by Gasteiger charge is 2.51. The SMILES string of the molecule is COc1ccc(CO[C@H](/C=C/C[C@@H](C[C@H](C[C@@H](C)OCc2ccccc2)O[Si](c2ccccc2)(c2ccccc2)C(C)(C)C)OCc2ccccc2)C[C@H](C/C(C)=C/C=C/C=C/C=C/c2cccc3c2C(=O)OC(C)(C)O3)OCc2ccccc2)cc1. The summed E-state index contributed by atoms with van der Waals surface area (Å²) in [4.78, 5) is 12.9. The molecule has 0 bridgehead atoms. The molecule has 454 valence electrons. The summed E-state index contributed by atoms with van der Waals surface area (Å²) in [5.74, 6) is -0.102. The Morgan fingerprint density at radius 3 is 1.64 bits per heavy atom. The summed E-state index contributed by atoms with van der Waals surface area (Å²) in [7, 11) is -1.34. The van der Waals surface area contributed by atoms with Crippen molar-refractivity contribution in [2.45, 2.75) is 148 Å². The van der Waals surface area contributed by atoms with Gasteiger partial charge in [-0.15, -0.1) is 0 Å². The quantitative estimate of drug-likeness (QED) is 0.0177. The number of hydrogen-bond donors (Lipinski definition) is 0. The second-order valence-electron chi connectivity index (χ2n) is 23.9. The minimum Gasteiger partial charge on any atom is -0.497 e. The molecule has 9 nitrogen and oxygen atoms in total. The Labute approximate surface area is 519 Å². The van der Waals surface area contributed by atoms with Crippen molar-refractivity contribution in [2.24, 2.45) is 0 Å². The van der Waals surface area contributed by atoms with Crippen LogP contribution in [0.1, 0.15) is 119 Å². The third-order valence-corrected chi connectivity index (χ3v) is 20.5. The molecule has 0 fully saturated rings. The fraction of sp³-hybridized carbons (Fsp3) is 0.312. The number of cyclic esters (lactones) is 1. The predicted molar refractivity (Wildman–Crippen MR) is 355 cm³/mol. The summed E-state index contributed by atoms with van der Waals surface area (Å²) in [6.45, 7) is 16.6. The Morgan fingerprint density at radius 2 is 1.07 bits per heavy atom. The summed E-state index contributed by atoms with van der Waals surface area (Å²) >= 11 is 0. The third-order valence-electron chi connectivity index (χ3n) is 15.4. The molecule has 8 rings (SSSR count). The van der Waals surface area contributed by atoms with Crippen molar-refractivity contribution in [1.82, 2.24) is 0 Å². The van der Waals surface area contributed by atoms with Crippen molar-refractivity contribution in [3.8, 4) is 11.5 Å². The van der Waals surface area contributed by atoms with E-state index in [4.69, 9.17) is 37.6 Å². The Bertz CT molecular complexity index is 3280. The van der Waals surface area contributed by atoms with Gasteiger partial charge in [-0.1, -0.05) is 257 Å². The topological polar surface area (TPSA) is 90.9 Å². The Kier molecular flexibility index (Phi) is 24.7. The molecule has 0 N–H and O–H groups in total. The average Bonchev–Trinajstić information content (AvgIpc) is 0.953. The first-order valence-corrected chi connectivity index (χ1v) is 32.5. The van der Waals surface area contributed by atoms with E-state index in [0.29, 0.717) is 69.8 Å². The van der Waals surface area contributed by atoms with E-state index in [9.17, 15) is 4.79 Å². The van der Waals surface area contributed by atoms with Gasteiger partial charge in [-0.2, -0.15) is 0 Å². The number of esters is 1. The fourth-order valence-corrected chi connectivity index (χ4v) is 15.7. The summed E-state index contributed by atoms with van der Waals surface area (Å²) in [5, 5.41) is 2.22. The van der Waals surface area contributed by atoms with E-state index < -0.39 is 20.1 Å². The molecule has 7 aromatic carbocycles. The number of rotatable bonds is 32. The lowest BCUT2D eigenvalue weighted by Crippen LogP contribution is -2.68. The van der Waals surface area contributed by atoms with Crippen molar-refractivity contribution in [3.63, 3.8) is 0 Å². The lowest BCUT2D eigenvalue weighted by molar-refractivity contribution is -0.127. The van der Waals surface area contributed by atoms with Gasteiger partial charge in [0.1, 0.15) is 17.1 Å². The Morgan fingerprint density at radius 1 is 0.552 bits per heavy atom. The van der Waals surface area contributed by atoms with Gasteiger partial charge >= 0.3 is 5.97 Å². The van der Waals surface area contributed by atoms with Crippen molar-refractivity contribution in [2.75, 3.05) is 7.11 Å². The van der Waals surface area contributed by atoms with Gasteiger partial charge in [0.15, 0.2) is 0 Å². The van der Waals surface area contributed by atoms with E-state index >= 15 is 0 Å². The molecule has 10 heteroatoms. The highest BCUT2D eigenvalue weighted by atomic mass is 28.4. The molecule has 0 unspecified atom stereocenters. The summed E-state index contributed by atoms with van der Waals surface area (Å²) < 4.78 is 52.5. The predicted octanol–water partition coefficient (Wildman–Crippen LogP) is 16.9. The van der Waals surface area contributed by atoms with Gasteiger partial charge in [0, 0.05) is 20.3 Å². The van der Waals surface area contributed by atoms with Crippen LogP contribution in [0.4, 0.5) is 0 Å². The van der Waals surface area contributed by atoms with Gasteiger partial charge in [0.2, 0.25) is 5.79 Å². The molecule has 5 atom stereocenters. The lowest BCUT2D eigenvalue weighted by atomic mass is 10.0. The van der Waals surface area contributed by atoms with E-state index in [0.717, 1.165) is 39.1 Å². The highest BCUT2D eigenvalue weighted by Crippen LogP contribution is 2.39. The van der Waals surface area contributed by atoms with Crippen LogP contribution in [-0.2, 0) is 54.5 Å². The monoisotopic (exact) mass is 1180 g/mol. The molecular formula is C77H88O9Si. The number of carbonyl (C=O) groups is 1. The van der Waals surface area contributed by atoms with Crippen LogP contribution in [0.3, 0.4) is 0 Å². The van der Waals surface area contributed by atoms with Crippen molar-refractivity contribution >= 4 is 30.7 Å². The molecule has 0 saturated carbocycles. The molecule has 7 aromatic rings. The fourth-order valence-electron chi connectivity index (χ4n) is 11.0. The minimum atomic E-state index is -3.02. The normalized spacial score (nSPS) is 15.5. The van der Waals surface area contributed by atoms with Crippen LogP contribution >= 0.6 is 0 Å². The summed E-state index contributed by atoms with van der Waals surface area (Å²) in [5.41, 5.74) is 6.70. The maximum absolute atomic E-state index is 12.9. The van der Waals surface area contributed by atoms with Crippen LogP contribution in [0, 0.1) is 0 Å². The third kappa shape index (κ3) is 20.2. The van der Waals surface area contributed by atoms with Crippen molar-refractivity contribution in [1.29, 1.82) is 0 Å². The van der Waals surface area contributed by atoms with E-state index in [2.05, 4.69) is 186 Å². The highest BCUT2D eigenvalue weighted by molar-refractivity contribution is 6.99. The number of ether oxygens (including phenoxy) is 7. The molecule has 1 aliphatic heterocycles. The van der Waals surface area contributed by atoms with Gasteiger partial charge in [0.25, 0.3) is 8.32 Å². The lowest BCUT2D eigenvalue weighted by Gasteiger charge is -2.46. The van der Waals surface area contributed by atoms with E-state index in [1.165, 1.54) is 10.4 Å². The standard InChI is InChI=1S/C77H88O9Si/c1-59(31-17-10-9-11-24-38-65-39-29-46-73-74(65)75(78)85-77(6,7)84-73)51-69(83-57-63-36-22-14-23-37-63)53-67(82-58-64-47-49-66(79-8)50-48-64)40-30-41-68(81-56-62-34-20-13-21-35-62)54-70(52-60(2)80-55-61-32-18-12-19-33-61)86-87(76(3,4)5,71-42-25-15-26-43-71)72-44-27-16-28-45-72/h9-40,42-50,60,67-70H,41,51-58H2,1-8H3/b11-9+,17-10+,38-24+,40-30+,59-31+/t60-,67-,68+,69+,70+/m1/s1. The number of methoxy groups -OCH3 is 1. The van der Waals surface area contributed by atoms with Gasteiger partial charge < -0.3 is 37.6 Å². The maximum atomic E-state index is 12.9. The van der Waals surface area contributed by atoms with Gasteiger partial charge in [-0.25, -0.2) is 4.79 Å². The van der Waals surface area contributed by atoms with Crippen LogP contribution in [-0.4, -0.2) is 57.7 Å². The molecule has 0 spiro atoms. The second-order valence-corrected chi connectivity index (χ2v) is 28.1. The zero-order chi connectivity index (χ0) is 61.3. The second kappa shape index (κ2) is 32.9. The number of benzene rings is 7. The maximum Gasteiger partial charge on any atom is 0.345 e. The molecule has 0 radical (unpaired) electrons. The largest absolute Gasteiger partial charge is 0.497 e. The van der Waals surface area contributed by atoms with Crippen molar-refractivity contribution < 1.29 is 42.4 Å². The van der Waals surface area contributed by atoms with E-state index in [1.54, 1.807) is 27.0 Å². The number of allylic oxidation sites excluding steroid dienone is 6. The van der Waals surface area contributed by atoms with Gasteiger partial charge in [0.05, 0.1) is 64.1 Å². The number of fused-ring (bicyclic) bond motifs is 1. The van der Waals surface area contributed by atoms with Crippen molar-refractivity contribution in [3.05, 3.63) is 282 Å². The molecule has 0 aliphatic carbocycles. The first kappa shape index (κ1) is 65.3. The molecule has 0 saturated heterocycles. The first-order chi connectivity index (χ1) is 42.2. The number of hydrogen-bond acceptors (Lipinski definition) is 9. The minimum absolute atomic E-state index is 0.117. The van der Waals surface area contributed by atoms with Crippen LogP contribution in [0.5, 0.6) is 11.5 Å². The van der Waals surface area contributed by atoms with E-state index in [-0.39, 0.29) is 35.6 Å². The summed E-state index contributed by atoms with van der Waals surface area (Å²) in [6, 6.07) is 66.5. The molecule has 87 heavy (non-hydrogen) atoms. The molecule has 1 aliphatic rings. The van der Waals surface area contributed by atoms with Gasteiger partial charge in [-0.05, 0) is 101 Å². The molecule has 1 heterocycles. The molecule has 0 amide bonds.